The number of fused-ring (bicyclic) bond motifs is 8. The molecule has 16 heteroatoms. The van der Waals surface area contributed by atoms with Crippen molar-refractivity contribution in [2.75, 3.05) is 38.7 Å². The first kappa shape index (κ1) is 54.7. The number of sulfone groups is 1. The Bertz CT molecular complexity index is 3430. The lowest BCUT2D eigenvalue weighted by Gasteiger charge is -2.16. The molecule has 0 saturated heterocycles. The molecule has 8 heterocycles. The molecule has 0 bridgehead atoms. The number of amides is 1. The van der Waals surface area contributed by atoms with Crippen LogP contribution in [0.2, 0.25) is 0 Å². The SMILES string of the molecule is O=C1COc2ccccc2N1.O=S1(=O)Cc2ccccc2C1.c1ccc2[nH]ccc2c1.c1ccc2[nH]ncc2c1.c1ccc2c(c1)COCO2.c1ccc2c(c1)OCCCO2.c1ccc2c(c1)OCO2.c1ccc2sccc2c1. The fraction of sp³-hybridized carbons (Fsp3) is 0.143. The molecule has 0 fully saturated rings. The summed E-state index contributed by atoms with van der Waals surface area (Å²) in [7, 11) is -2.81. The van der Waals surface area contributed by atoms with Crippen molar-refractivity contribution in [1.82, 2.24) is 15.2 Å². The zero-order chi connectivity index (χ0) is 54.3. The van der Waals surface area contributed by atoms with Crippen LogP contribution >= 0.6 is 11.3 Å². The Balaban J connectivity index is 0.000000110. The first-order valence-electron chi connectivity index (χ1n) is 25.4. The summed E-state index contributed by atoms with van der Waals surface area (Å²) in [5.74, 6) is 5.47. The van der Waals surface area contributed by atoms with Crippen LogP contribution in [0.1, 0.15) is 23.1 Å². The number of nitrogens with one attached hydrogen (secondary N) is 3. The minimum Gasteiger partial charge on any atom is -0.490 e. The summed E-state index contributed by atoms with van der Waals surface area (Å²) in [6.07, 6.45) is 4.73. The highest BCUT2D eigenvalue weighted by Crippen LogP contribution is 2.31. The first-order chi connectivity index (χ1) is 38.8. The van der Waals surface area contributed by atoms with E-state index in [1.165, 1.54) is 21.0 Å². The van der Waals surface area contributed by atoms with Gasteiger partial charge in [0.1, 0.15) is 11.5 Å². The maximum Gasteiger partial charge on any atom is 0.262 e. The fourth-order valence-electron chi connectivity index (χ4n) is 8.15. The summed E-state index contributed by atoms with van der Waals surface area (Å²) in [6.45, 7) is 3.07. The number of ether oxygens (including phenoxy) is 7. The lowest BCUT2D eigenvalue weighted by molar-refractivity contribution is -0.118. The second-order valence-corrected chi connectivity index (χ2v) is 20.7. The Hall–Kier alpha value is -9.09. The number of aromatic nitrogens is 3. The van der Waals surface area contributed by atoms with E-state index < -0.39 is 9.84 Å². The van der Waals surface area contributed by atoms with Crippen molar-refractivity contribution >= 4 is 64.7 Å². The molecule has 0 radical (unpaired) electrons. The van der Waals surface area contributed by atoms with Gasteiger partial charge in [-0.1, -0.05) is 133 Å². The van der Waals surface area contributed by atoms with Gasteiger partial charge in [-0.25, -0.2) is 8.42 Å². The average Bonchev–Trinajstić information content (AvgIpc) is 4.37. The number of anilines is 1. The zero-order valence-corrected chi connectivity index (χ0v) is 44.7. The van der Waals surface area contributed by atoms with Gasteiger partial charge in [0.2, 0.25) is 6.79 Å². The topological polar surface area (TPSA) is 172 Å². The number of para-hydroxylation sites is 9. The molecular weight excluding hydrogens is 1040 g/mol. The van der Waals surface area contributed by atoms with Crippen LogP contribution in [-0.2, 0) is 37.5 Å². The van der Waals surface area contributed by atoms with Crippen LogP contribution in [0.15, 0.2) is 224 Å². The molecule has 0 aliphatic carbocycles. The van der Waals surface area contributed by atoms with Gasteiger partial charge in [0, 0.05) is 33.8 Å². The molecule has 11 aromatic rings. The summed E-state index contributed by atoms with van der Waals surface area (Å²) < 4.78 is 59.9. The van der Waals surface area contributed by atoms with Crippen LogP contribution in [-0.4, -0.2) is 62.9 Å². The van der Waals surface area contributed by atoms with Crippen LogP contribution in [0.3, 0.4) is 0 Å². The normalized spacial score (nSPS) is 14.0. The number of rotatable bonds is 0. The van der Waals surface area contributed by atoms with Crippen molar-refractivity contribution in [2.45, 2.75) is 24.5 Å². The lowest BCUT2D eigenvalue weighted by Crippen LogP contribution is -2.25. The van der Waals surface area contributed by atoms with Gasteiger partial charge in [-0.3, -0.25) is 9.89 Å². The summed E-state index contributed by atoms with van der Waals surface area (Å²) in [5.41, 5.74) is 6.12. The summed E-state index contributed by atoms with van der Waals surface area (Å²) in [6, 6.07) is 67.0. The highest BCUT2D eigenvalue weighted by Gasteiger charge is 2.23. The molecular formula is C63H58N4O10S2. The second-order valence-electron chi connectivity index (χ2n) is 17.7. The molecule has 1 amide bonds. The van der Waals surface area contributed by atoms with Gasteiger partial charge in [0.05, 0.1) is 48.7 Å². The Morgan fingerprint density at radius 2 is 0.987 bits per heavy atom. The molecule has 79 heavy (non-hydrogen) atoms. The van der Waals surface area contributed by atoms with Crippen LogP contribution < -0.4 is 33.7 Å². The van der Waals surface area contributed by atoms with Crippen molar-refractivity contribution in [3.8, 4) is 34.5 Å². The Morgan fingerprint density at radius 1 is 0.456 bits per heavy atom. The number of carbonyl (C=O) groups excluding carboxylic acids is 1. The monoisotopic (exact) mass is 1090 g/mol. The van der Waals surface area contributed by atoms with Gasteiger partial charge in [0.25, 0.3) is 5.91 Å². The number of aromatic amines is 2. The zero-order valence-electron chi connectivity index (χ0n) is 43.1. The van der Waals surface area contributed by atoms with Crippen molar-refractivity contribution in [3.63, 3.8) is 0 Å². The van der Waals surface area contributed by atoms with E-state index in [4.69, 9.17) is 33.2 Å². The molecule has 0 spiro atoms. The number of hydrogen-bond acceptors (Lipinski definition) is 12. The third kappa shape index (κ3) is 16.5. The molecule has 3 N–H and O–H groups in total. The molecule has 402 valence electrons. The Labute approximate surface area is 462 Å². The molecule has 5 aliphatic heterocycles. The van der Waals surface area contributed by atoms with E-state index >= 15 is 0 Å². The Kier molecular flexibility index (Phi) is 19.6. The van der Waals surface area contributed by atoms with Gasteiger partial charge < -0.3 is 43.5 Å². The number of benzene rings is 8. The van der Waals surface area contributed by atoms with Crippen LogP contribution in [0.5, 0.6) is 34.5 Å². The number of nitrogens with zero attached hydrogens (tertiary/aromatic N) is 1. The predicted octanol–water partition coefficient (Wildman–Crippen LogP) is 13.6. The van der Waals surface area contributed by atoms with E-state index in [2.05, 4.69) is 74.4 Å². The van der Waals surface area contributed by atoms with Crippen LogP contribution in [0, 0.1) is 0 Å². The van der Waals surface area contributed by atoms with E-state index in [1.807, 2.05) is 170 Å². The molecule has 3 aromatic heterocycles. The molecule has 5 aliphatic rings. The van der Waals surface area contributed by atoms with Crippen LogP contribution in [0.4, 0.5) is 5.69 Å². The summed E-state index contributed by atoms with van der Waals surface area (Å²) in [5, 5.41) is 15.3. The number of carbonyl (C=O) groups is 1. The molecule has 0 saturated carbocycles. The number of thiophene rings is 1. The van der Waals surface area contributed by atoms with Crippen molar-refractivity contribution < 1.29 is 46.4 Å². The van der Waals surface area contributed by atoms with Crippen molar-refractivity contribution in [3.05, 3.63) is 241 Å². The Morgan fingerprint density at radius 3 is 1.63 bits per heavy atom. The maximum atomic E-state index is 11.1. The second kappa shape index (κ2) is 28.3. The fourth-order valence-corrected chi connectivity index (χ4v) is 10.6. The minimum absolute atomic E-state index is 0.0938. The standard InChI is InChI=1S/C9H10O2.C8H7NO2.C8H7N.C8H8O2S.C8H8O2.C8H6S.C7H6N2.C7H6O2/c1-2-5-9-8(4-1)10-6-3-7-11-9;10-8-5-11-7-4-2-1-3-6(7)9-8;1-2-4-8-7(3-1)5-6-9-8;9-11(10)5-7-3-1-2-4-8(7)6-11;1-2-4-8-7(3-1)5-9-6-10-8;1-2-4-8-7(3-1)5-6-9-8;1-2-4-7-6(3-1)5-8-9-7;1-2-4-7-6(3-1)8-5-9-7/h1-2,4-5H,3,6-7H2;1-4H,5H2,(H,9,10);1-6,9H;1-4H,5-6H2;1-4H,5-6H2;1-6H;1-5H,(H,8,9);1-4H,5H2. The summed E-state index contributed by atoms with van der Waals surface area (Å²) in [4.78, 5) is 13.9. The first-order valence-corrected chi connectivity index (χ1v) is 28.1. The van der Waals surface area contributed by atoms with Crippen molar-refractivity contribution in [1.29, 1.82) is 0 Å². The third-order valence-corrected chi connectivity index (χ3v) is 14.4. The maximum absolute atomic E-state index is 11.1. The van der Waals surface area contributed by atoms with Gasteiger partial charge in [-0.2, -0.15) is 5.10 Å². The lowest BCUT2D eigenvalue weighted by atomic mass is 10.1. The van der Waals surface area contributed by atoms with Crippen LogP contribution in [0.25, 0.3) is 31.9 Å². The molecule has 0 unspecified atom stereocenters. The predicted molar refractivity (Wildman–Crippen MR) is 311 cm³/mol. The van der Waals surface area contributed by atoms with Gasteiger partial charge in [-0.05, 0) is 100 Å². The molecule has 0 atom stereocenters. The largest absolute Gasteiger partial charge is 0.490 e. The van der Waals surface area contributed by atoms with E-state index in [1.54, 1.807) is 11.3 Å². The van der Waals surface area contributed by atoms with Gasteiger partial charge in [-0.15, -0.1) is 11.3 Å². The van der Waals surface area contributed by atoms with E-state index in [-0.39, 0.29) is 24.0 Å². The smallest absolute Gasteiger partial charge is 0.262 e. The average molecular weight is 1100 g/mol. The highest BCUT2D eigenvalue weighted by molar-refractivity contribution is 7.90. The quantitative estimate of drug-likeness (QED) is 0.132. The number of H-pyrrole nitrogens is 2. The van der Waals surface area contributed by atoms with E-state index in [0.717, 1.165) is 87.4 Å². The molecule has 14 nitrogen and oxygen atoms in total. The number of hydrogen-bond donors (Lipinski definition) is 3. The third-order valence-electron chi connectivity index (χ3n) is 12.0. The van der Waals surface area contributed by atoms with E-state index in [0.29, 0.717) is 20.2 Å². The summed E-state index contributed by atoms with van der Waals surface area (Å²) >= 11 is 1.79. The van der Waals surface area contributed by atoms with Crippen molar-refractivity contribution in [2.24, 2.45) is 0 Å². The van der Waals surface area contributed by atoms with E-state index in [9.17, 15) is 13.2 Å². The van der Waals surface area contributed by atoms with Gasteiger partial charge in [0.15, 0.2) is 46.2 Å². The molecule has 16 rings (SSSR count). The van der Waals surface area contributed by atoms with Gasteiger partial charge >= 0.3 is 0 Å². The molecule has 8 aromatic carbocycles. The highest BCUT2D eigenvalue weighted by atomic mass is 32.2. The minimum atomic E-state index is -2.81.